The molecular formula is C12H17N3O6S2. The first-order chi connectivity index (χ1) is 10.7. The predicted molar refractivity (Wildman–Crippen MR) is 82.5 cm³/mol. The number of H-pyrrole nitrogens is 1. The van der Waals surface area contributed by atoms with Gasteiger partial charge in [0.2, 0.25) is 10.0 Å². The molecule has 0 unspecified atom stereocenters. The van der Waals surface area contributed by atoms with Crippen molar-refractivity contribution in [3.05, 3.63) is 28.2 Å². The van der Waals surface area contributed by atoms with Gasteiger partial charge in [0, 0.05) is 25.8 Å². The normalized spacial score (nSPS) is 18.4. The van der Waals surface area contributed by atoms with Crippen LogP contribution in [-0.2, 0) is 19.9 Å². The van der Waals surface area contributed by atoms with Crippen molar-refractivity contribution < 1.29 is 21.6 Å². The fraction of sp³-hybridized carbons (Fsp3) is 0.500. The Hall–Kier alpha value is -1.72. The van der Waals surface area contributed by atoms with Crippen molar-refractivity contribution in [2.45, 2.75) is 11.8 Å². The van der Waals surface area contributed by atoms with Crippen LogP contribution >= 0.6 is 0 Å². The average Bonchev–Trinajstić information content (AvgIpc) is 2.67. The fourth-order valence-corrected chi connectivity index (χ4v) is 3.97. The second-order valence-corrected chi connectivity index (χ2v) is 9.19. The first-order valence-corrected chi connectivity index (χ1v) is 10.2. The second-order valence-electron chi connectivity index (χ2n) is 4.99. The lowest BCUT2D eigenvalue weighted by atomic mass is 10.2. The Bertz CT molecular complexity index is 872. The van der Waals surface area contributed by atoms with E-state index in [0.717, 1.165) is 12.3 Å². The summed E-state index contributed by atoms with van der Waals surface area (Å²) < 4.78 is 49.0. The average molecular weight is 363 g/mol. The minimum Gasteiger partial charge on any atom is -0.336 e. The van der Waals surface area contributed by atoms with Gasteiger partial charge in [0.05, 0.1) is 16.4 Å². The number of hydrogen-bond donors (Lipinski definition) is 2. The summed E-state index contributed by atoms with van der Waals surface area (Å²) in [5.41, 5.74) is -1.04. The molecule has 0 spiro atoms. The van der Waals surface area contributed by atoms with E-state index in [2.05, 4.69) is 9.71 Å². The fourth-order valence-electron chi connectivity index (χ4n) is 2.09. The molecule has 2 N–H and O–H groups in total. The van der Waals surface area contributed by atoms with Gasteiger partial charge in [0.25, 0.3) is 11.5 Å². The molecule has 1 saturated heterocycles. The van der Waals surface area contributed by atoms with E-state index in [4.69, 9.17) is 0 Å². The van der Waals surface area contributed by atoms with Crippen molar-refractivity contribution in [1.82, 2.24) is 14.6 Å². The molecule has 9 nitrogen and oxygen atoms in total. The number of sulfonamides is 1. The van der Waals surface area contributed by atoms with E-state index in [1.165, 1.54) is 11.8 Å². The molecule has 1 aliphatic heterocycles. The quantitative estimate of drug-likeness (QED) is 0.674. The first kappa shape index (κ1) is 17.6. The van der Waals surface area contributed by atoms with Gasteiger partial charge in [-0.15, -0.1) is 0 Å². The van der Waals surface area contributed by atoms with Crippen molar-refractivity contribution in [2.75, 3.05) is 31.1 Å². The van der Waals surface area contributed by atoms with Gasteiger partial charge in [-0.3, -0.25) is 9.59 Å². The highest BCUT2D eigenvalue weighted by Crippen LogP contribution is 2.11. The highest BCUT2D eigenvalue weighted by Gasteiger charge is 2.25. The Morgan fingerprint density at radius 2 is 2.04 bits per heavy atom. The Morgan fingerprint density at radius 3 is 2.70 bits per heavy atom. The van der Waals surface area contributed by atoms with Crippen LogP contribution in [0.4, 0.5) is 0 Å². The van der Waals surface area contributed by atoms with Gasteiger partial charge in [0.1, 0.15) is 5.56 Å². The van der Waals surface area contributed by atoms with Crippen molar-refractivity contribution >= 4 is 25.8 Å². The number of nitrogens with zero attached hydrogens (tertiary/aromatic N) is 1. The van der Waals surface area contributed by atoms with Crippen molar-refractivity contribution in [2.24, 2.45) is 0 Å². The zero-order chi connectivity index (χ0) is 17.3. The number of carbonyl (C=O) groups excluding carboxylic acids is 1. The lowest BCUT2D eigenvalue weighted by molar-refractivity contribution is 0.0769. The molecule has 1 aromatic heterocycles. The van der Waals surface area contributed by atoms with E-state index in [1.807, 2.05) is 0 Å². The Labute approximate surface area is 133 Å². The summed E-state index contributed by atoms with van der Waals surface area (Å²) in [5, 5.41) is 0. The molecule has 0 saturated carbocycles. The van der Waals surface area contributed by atoms with E-state index >= 15 is 0 Å². The van der Waals surface area contributed by atoms with Crippen LogP contribution in [0.25, 0.3) is 0 Å². The zero-order valence-corrected chi connectivity index (χ0v) is 14.0. The van der Waals surface area contributed by atoms with Gasteiger partial charge >= 0.3 is 0 Å². The summed E-state index contributed by atoms with van der Waals surface area (Å²) in [6.45, 7) is 1.52. The molecule has 128 valence electrons. The second kappa shape index (κ2) is 6.42. The number of aromatic amines is 1. The van der Waals surface area contributed by atoms with Crippen LogP contribution in [-0.4, -0.2) is 63.8 Å². The van der Waals surface area contributed by atoms with Crippen LogP contribution in [0, 0.1) is 0 Å². The van der Waals surface area contributed by atoms with Crippen molar-refractivity contribution in [3.8, 4) is 0 Å². The van der Waals surface area contributed by atoms with Crippen LogP contribution < -0.4 is 10.3 Å². The molecule has 0 aromatic carbocycles. The summed E-state index contributed by atoms with van der Waals surface area (Å²) in [6, 6.07) is 1.03. The highest BCUT2D eigenvalue weighted by molar-refractivity contribution is 7.91. The van der Waals surface area contributed by atoms with Crippen molar-refractivity contribution in [3.63, 3.8) is 0 Å². The number of rotatable bonds is 3. The SMILES string of the molecule is CCS(=O)(=O)c1c[nH]c(=O)c(C(=O)N2CCNS(=O)(=O)CC2)c1. The summed E-state index contributed by atoms with van der Waals surface area (Å²) >= 11 is 0. The minimum absolute atomic E-state index is 0.0406. The van der Waals surface area contributed by atoms with E-state index < -0.39 is 31.3 Å². The van der Waals surface area contributed by atoms with Gasteiger partial charge in [-0.1, -0.05) is 6.92 Å². The maximum Gasteiger partial charge on any atom is 0.260 e. The van der Waals surface area contributed by atoms with Gasteiger partial charge in [-0.2, -0.15) is 0 Å². The van der Waals surface area contributed by atoms with E-state index in [0.29, 0.717) is 0 Å². The number of carbonyl (C=O) groups is 1. The van der Waals surface area contributed by atoms with Gasteiger partial charge in [-0.05, 0) is 6.07 Å². The van der Waals surface area contributed by atoms with Gasteiger partial charge in [0.15, 0.2) is 9.84 Å². The molecular weight excluding hydrogens is 346 g/mol. The zero-order valence-electron chi connectivity index (χ0n) is 12.4. The third-order valence-electron chi connectivity index (χ3n) is 3.47. The molecule has 0 atom stereocenters. The molecule has 2 heterocycles. The minimum atomic E-state index is -3.58. The highest BCUT2D eigenvalue weighted by atomic mass is 32.2. The maximum atomic E-state index is 12.4. The predicted octanol–water partition coefficient (Wildman–Crippen LogP) is -1.46. The molecule has 23 heavy (non-hydrogen) atoms. The Morgan fingerprint density at radius 1 is 1.35 bits per heavy atom. The molecule has 11 heteroatoms. The van der Waals surface area contributed by atoms with E-state index in [9.17, 15) is 26.4 Å². The monoisotopic (exact) mass is 363 g/mol. The van der Waals surface area contributed by atoms with Crippen LogP contribution in [0.1, 0.15) is 17.3 Å². The maximum absolute atomic E-state index is 12.4. The summed E-state index contributed by atoms with van der Waals surface area (Å²) in [4.78, 5) is 27.6. The Balaban J connectivity index is 2.36. The van der Waals surface area contributed by atoms with Crippen LogP contribution in [0.15, 0.2) is 22.0 Å². The number of sulfone groups is 1. The number of amides is 1. The molecule has 2 rings (SSSR count). The largest absolute Gasteiger partial charge is 0.336 e. The van der Waals surface area contributed by atoms with Crippen LogP contribution in [0.3, 0.4) is 0 Å². The molecule has 0 radical (unpaired) electrons. The van der Waals surface area contributed by atoms with Gasteiger partial charge < -0.3 is 9.88 Å². The molecule has 1 aromatic rings. The molecule has 0 aliphatic carbocycles. The topological polar surface area (TPSA) is 133 Å². The molecule has 1 amide bonds. The summed E-state index contributed by atoms with van der Waals surface area (Å²) in [7, 11) is -7.02. The van der Waals surface area contributed by atoms with E-state index in [1.54, 1.807) is 0 Å². The number of hydrogen-bond acceptors (Lipinski definition) is 6. The first-order valence-electron chi connectivity index (χ1n) is 6.88. The number of nitrogens with one attached hydrogen (secondary N) is 2. The van der Waals surface area contributed by atoms with Crippen LogP contribution in [0.5, 0.6) is 0 Å². The third-order valence-corrected chi connectivity index (χ3v) is 6.55. The number of pyridine rings is 1. The Kier molecular flexibility index (Phi) is 4.92. The standard InChI is InChI=1S/C12H17N3O6S2/c1-2-22(18,19)9-7-10(11(16)13-8-9)12(17)15-4-3-14-23(20,21)6-5-15/h7-8,14H,2-6H2,1H3,(H,13,16). The van der Waals surface area contributed by atoms with E-state index in [-0.39, 0.29) is 41.6 Å². The molecule has 1 aliphatic rings. The lowest BCUT2D eigenvalue weighted by Crippen LogP contribution is -2.38. The molecule has 1 fully saturated rings. The van der Waals surface area contributed by atoms with Crippen LogP contribution in [0.2, 0.25) is 0 Å². The summed E-state index contributed by atoms with van der Waals surface area (Å²) in [5.74, 6) is -1.14. The third kappa shape index (κ3) is 3.98. The summed E-state index contributed by atoms with van der Waals surface area (Å²) in [6.07, 6.45) is 1.05. The smallest absolute Gasteiger partial charge is 0.260 e. The van der Waals surface area contributed by atoms with Gasteiger partial charge in [-0.25, -0.2) is 21.6 Å². The lowest BCUT2D eigenvalue weighted by Gasteiger charge is -2.19. The van der Waals surface area contributed by atoms with Crippen molar-refractivity contribution in [1.29, 1.82) is 0 Å². The molecule has 0 bridgehead atoms. The number of aromatic nitrogens is 1.